The van der Waals surface area contributed by atoms with E-state index >= 15 is 0 Å². The van der Waals surface area contributed by atoms with Crippen molar-refractivity contribution in [1.29, 1.82) is 0 Å². The third-order valence-corrected chi connectivity index (χ3v) is 4.12. The van der Waals surface area contributed by atoms with Gasteiger partial charge in [-0.3, -0.25) is 4.90 Å². The van der Waals surface area contributed by atoms with Gasteiger partial charge in [0.2, 0.25) is 0 Å². The van der Waals surface area contributed by atoms with Crippen LogP contribution in [0.25, 0.3) is 0 Å². The highest BCUT2D eigenvalue weighted by atomic mass is 16.5. The number of nitrogens with one attached hydrogen (secondary N) is 1. The van der Waals surface area contributed by atoms with E-state index < -0.39 is 0 Å². The molecule has 6 nitrogen and oxygen atoms in total. The van der Waals surface area contributed by atoms with Crippen molar-refractivity contribution in [2.45, 2.75) is 38.5 Å². The molecule has 2 aliphatic heterocycles. The quantitative estimate of drug-likeness (QED) is 0.889. The summed E-state index contributed by atoms with van der Waals surface area (Å²) < 4.78 is 11.2. The number of nitrogens with zero attached hydrogens (tertiary/aromatic N) is 3. The van der Waals surface area contributed by atoms with Gasteiger partial charge in [0.05, 0.1) is 18.9 Å². The number of methoxy groups -OCH3 is 1. The van der Waals surface area contributed by atoms with Gasteiger partial charge in [-0.2, -0.15) is 0 Å². The Morgan fingerprint density at radius 1 is 1.48 bits per heavy atom. The zero-order chi connectivity index (χ0) is 14.7. The van der Waals surface area contributed by atoms with E-state index in [2.05, 4.69) is 27.1 Å². The van der Waals surface area contributed by atoms with Gasteiger partial charge in [-0.25, -0.2) is 9.97 Å². The molecule has 0 saturated carbocycles. The SMILES string of the molecule is CCNc1cc(COC)nc(C2CN3CCCC3CO2)n1. The Labute approximate surface area is 125 Å². The fourth-order valence-electron chi connectivity index (χ4n) is 3.13. The van der Waals surface area contributed by atoms with Gasteiger partial charge in [0.15, 0.2) is 5.82 Å². The van der Waals surface area contributed by atoms with E-state index in [4.69, 9.17) is 9.47 Å². The first-order chi connectivity index (χ1) is 10.3. The molecule has 3 heterocycles. The topological polar surface area (TPSA) is 59.5 Å². The van der Waals surface area contributed by atoms with Gasteiger partial charge in [0.25, 0.3) is 0 Å². The van der Waals surface area contributed by atoms with Crippen LogP contribution >= 0.6 is 0 Å². The van der Waals surface area contributed by atoms with Crippen LogP contribution in [0.1, 0.15) is 37.4 Å². The van der Waals surface area contributed by atoms with Gasteiger partial charge in [0.1, 0.15) is 11.9 Å². The minimum absolute atomic E-state index is 0.0337. The number of hydrogen-bond acceptors (Lipinski definition) is 6. The number of anilines is 1. The highest BCUT2D eigenvalue weighted by molar-refractivity contribution is 5.36. The fourth-order valence-corrected chi connectivity index (χ4v) is 3.13. The molecule has 116 valence electrons. The Bertz CT molecular complexity index is 458. The molecule has 0 aromatic carbocycles. The van der Waals surface area contributed by atoms with Crippen LogP contribution in [-0.2, 0) is 16.1 Å². The second kappa shape index (κ2) is 6.68. The van der Waals surface area contributed by atoms with Gasteiger partial charge in [0, 0.05) is 32.3 Å². The largest absolute Gasteiger partial charge is 0.378 e. The molecule has 0 aliphatic carbocycles. The summed E-state index contributed by atoms with van der Waals surface area (Å²) in [7, 11) is 1.68. The molecule has 6 heteroatoms. The third kappa shape index (κ3) is 3.33. The van der Waals surface area contributed by atoms with Crippen LogP contribution in [0.15, 0.2) is 6.07 Å². The Hall–Kier alpha value is -1.24. The summed E-state index contributed by atoms with van der Waals surface area (Å²) in [6.45, 7) is 6.24. The van der Waals surface area contributed by atoms with Gasteiger partial charge in [-0.05, 0) is 26.3 Å². The van der Waals surface area contributed by atoms with Crippen LogP contribution in [0.5, 0.6) is 0 Å². The van der Waals surface area contributed by atoms with Crippen molar-refractivity contribution in [2.75, 3.05) is 38.7 Å². The van der Waals surface area contributed by atoms with E-state index in [1.54, 1.807) is 7.11 Å². The van der Waals surface area contributed by atoms with Crippen molar-refractivity contribution in [3.05, 3.63) is 17.6 Å². The van der Waals surface area contributed by atoms with Crippen molar-refractivity contribution in [3.63, 3.8) is 0 Å². The normalized spacial score (nSPS) is 25.8. The molecule has 1 aromatic rings. The molecule has 3 rings (SSSR count). The first kappa shape index (κ1) is 14.7. The predicted molar refractivity (Wildman–Crippen MR) is 80.2 cm³/mol. The van der Waals surface area contributed by atoms with Crippen molar-refractivity contribution in [1.82, 2.24) is 14.9 Å². The molecule has 1 aromatic heterocycles. The highest BCUT2D eigenvalue weighted by Gasteiger charge is 2.34. The molecule has 1 N–H and O–H groups in total. The van der Waals surface area contributed by atoms with Gasteiger partial charge < -0.3 is 14.8 Å². The summed E-state index contributed by atoms with van der Waals surface area (Å²) in [6, 6.07) is 2.54. The molecule has 0 bridgehead atoms. The number of hydrogen-bond donors (Lipinski definition) is 1. The summed E-state index contributed by atoms with van der Waals surface area (Å²) in [5.41, 5.74) is 0.894. The Balaban J connectivity index is 1.79. The molecular formula is C15H24N4O2. The van der Waals surface area contributed by atoms with Crippen LogP contribution < -0.4 is 5.32 Å². The second-order valence-electron chi connectivity index (χ2n) is 5.68. The van der Waals surface area contributed by atoms with Gasteiger partial charge in [-0.15, -0.1) is 0 Å². The summed E-state index contributed by atoms with van der Waals surface area (Å²) in [5, 5.41) is 3.26. The lowest BCUT2D eigenvalue weighted by Crippen LogP contribution is -2.43. The van der Waals surface area contributed by atoms with Crippen LogP contribution in [0, 0.1) is 0 Å². The molecule has 2 unspecified atom stereocenters. The lowest BCUT2D eigenvalue weighted by molar-refractivity contribution is -0.0542. The highest BCUT2D eigenvalue weighted by Crippen LogP contribution is 2.29. The predicted octanol–water partition coefficient (Wildman–Crippen LogP) is 1.59. The number of fused-ring (bicyclic) bond motifs is 1. The molecule has 0 spiro atoms. The average Bonchev–Trinajstić information content (AvgIpc) is 2.95. The Kier molecular flexibility index (Phi) is 4.67. The zero-order valence-corrected chi connectivity index (χ0v) is 12.8. The smallest absolute Gasteiger partial charge is 0.161 e. The number of rotatable bonds is 5. The van der Waals surface area contributed by atoms with Crippen LogP contribution in [0.2, 0.25) is 0 Å². The second-order valence-corrected chi connectivity index (χ2v) is 5.68. The van der Waals surface area contributed by atoms with E-state index in [0.29, 0.717) is 12.6 Å². The van der Waals surface area contributed by atoms with Crippen molar-refractivity contribution in [3.8, 4) is 0 Å². The molecule has 2 atom stereocenters. The maximum absolute atomic E-state index is 6.01. The Morgan fingerprint density at radius 3 is 3.19 bits per heavy atom. The molecule has 21 heavy (non-hydrogen) atoms. The van der Waals surface area contributed by atoms with Crippen molar-refractivity contribution in [2.24, 2.45) is 0 Å². The van der Waals surface area contributed by atoms with Crippen molar-refractivity contribution >= 4 is 5.82 Å². The van der Waals surface area contributed by atoms with Crippen LogP contribution in [0.4, 0.5) is 5.82 Å². The minimum atomic E-state index is -0.0337. The zero-order valence-electron chi connectivity index (χ0n) is 12.8. The number of ether oxygens (including phenoxy) is 2. The maximum atomic E-state index is 6.01. The van der Waals surface area contributed by atoms with E-state index in [1.165, 1.54) is 19.4 Å². The van der Waals surface area contributed by atoms with E-state index in [9.17, 15) is 0 Å². The third-order valence-electron chi connectivity index (χ3n) is 4.12. The monoisotopic (exact) mass is 292 g/mol. The first-order valence-corrected chi connectivity index (χ1v) is 7.76. The van der Waals surface area contributed by atoms with Crippen LogP contribution in [0.3, 0.4) is 0 Å². The number of morpholine rings is 1. The van der Waals surface area contributed by atoms with E-state index in [-0.39, 0.29) is 6.10 Å². The van der Waals surface area contributed by atoms with Gasteiger partial charge >= 0.3 is 0 Å². The molecular weight excluding hydrogens is 268 g/mol. The van der Waals surface area contributed by atoms with Crippen LogP contribution in [-0.4, -0.2) is 54.3 Å². The lowest BCUT2D eigenvalue weighted by atomic mass is 10.2. The van der Waals surface area contributed by atoms with E-state index in [1.807, 2.05) is 6.07 Å². The Morgan fingerprint density at radius 2 is 2.38 bits per heavy atom. The molecule has 2 saturated heterocycles. The van der Waals surface area contributed by atoms with E-state index in [0.717, 1.165) is 37.0 Å². The standard InChI is InChI=1S/C15H24N4O2/c1-3-16-14-7-11(9-20-2)17-15(18-14)13-8-19-6-4-5-12(19)10-21-13/h7,12-13H,3-6,8-10H2,1-2H3,(H,16,17,18). The van der Waals surface area contributed by atoms with Gasteiger partial charge in [-0.1, -0.05) is 0 Å². The summed E-state index contributed by atoms with van der Waals surface area (Å²) >= 11 is 0. The maximum Gasteiger partial charge on any atom is 0.161 e. The summed E-state index contributed by atoms with van der Waals surface area (Å²) in [4.78, 5) is 11.7. The molecule has 2 aliphatic rings. The number of aromatic nitrogens is 2. The molecule has 0 radical (unpaired) electrons. The summed E-state index contributed by atoms with van der Waals surface area (Å²) in [5.74, 6) is 1.62. The minimum Gasteiger partial charge on any atom is -0.378 e. The molecule has 0 amide bonds. The molecule has 2 fully saturated rings. The fraction of sp³-hybridized carbons (Fsp3) is 0.733. The lowest BCUT2D eigenvalue weighted by Gasteiger charge is -2.34. The average molecular weight is 292 g/mol. The summed E-state index contributed by atoms with van der Waals surface area (Å²) in [6.07, 6.45) is 2.49. The van der Waals surface area contributed by atoms with Crippen molar-refractivity contribution < 1.29 is 9.47 Å². The first-order valence-electron chi connectivity index (χ1n) is 7.76.